The predicted octanol–water partition coefficient (Wildman–Crippen LogP) is 1.92. The summed E-state index contributed by atoms with van der Waals surface area (Å²) in [5, 5.41) is 7.24. The Morgan fingerprint density at radius 1 is 1.44 bits per heavy atom. The summed E-state index contributed by atoms with van der Waals surface area (Å²) in [5.41, 5.74) is 1.22. The minimum Gasteiger partial charge on any atom is -0.354 e. The third-order valence-electron chi connectivity index (χ3n) is 4.87. The van der Waals surface area contributed by atoms with Crippen molar-refractivity contribution in [1.29, 1.82) is 0 Å². The lowest BCUT2D eigenvalue weighted by Gasteiger charge is -2.32. The fraction of sp³-hybridized carbons (Fsp3) is 0.706. The maximum absolute atomic E-state index is 12.6. The number of hydrogen-bond donors (Lipinski definition) is 1. The Kier molecular flexibility index (Phi) is 7.42. The van der Waals surface area contributed by atoms with Gasteiger partial charge in [0.25, 0.3) is 0 Å². The van der Waals surface area contributed by atoms with Crippen LogP contribution in [0.3, 0.4) is 0 Å². The van der Waals surface area contributed by atoms with Crippen LogP contribution in [0.1, 0.15) is 38.3 Å². The molecule has 1 N–H and O–H groups in total. The highest BCUT2D eigenvalue weighted by Crippen LogP contribution is 2.23. The molecule has 25 heavy (non-hydrogen) atoms. The van der Waals surface area contributed by atoms with Crippen molar-refractivity contribution in [1.82, 2.24) is 14.5 Å². The van der Waals surface area contributed by atoms with Crippen LogP contribution >= 0.6 is 11.3 Å². The van der Waals surface area contributed by atoms with Crippen LogP contribution in [0, 0.1) is 5.92 Å². The summed E-state index contributed by atoms with van der Waals surface area (Å²) in [6.07, 6.45) is 2.68. The molecule has 1 aromatic heterocycles. The first-order valence-corrected chi connectivity index (χ1v) is 11.6. The molecule has 0 radical (unpaired) electrons. The van der Waals surface area contributed by atoms with E-state index >= 15 is 0 Å². The molecule has 1 fully saturated rings. The standard InChI is InChI=1S/C17H29N3O3S2/c1-4-19(5-2)16(15-8-10-24-13-15)11-18-17(21)14-7-6-9-20(12-14)25(3,22)23/h8,10,13-14,16H,4-7,9,11-12H2,1-3H3,(H,18,21)/t14-,16-/m0/s1. The summed E-state index contributed by atoms with van der Waals surface area (Å²) in [4.78, 5) is 14.9. The van der Waals surface area contributed by atoms with Crippen LogP contribution in [0.25, 0.3) is 0 Å². The monoisotopic (exact) mass is 387 g/mol. The Morgan fingerprint density at radius 2 is 2.16 bits per heavy atom. The van der Waals surface area contributed by atoms with Crippen molar-refractivity contribution in [3.63, 3.8) is 0 Å². The van der Waals surface area contributed by atoms with Gasteiger partial charge in [0.05, 0.1) is 18.2 Å². The van der Waals surface area contributed by atoms with E-state index in [4.69, 9.17) is 0 Å². The minimum atomic E-state index is -3.23. The van der Waals surface area contributed by atoms with Gasteiger partial charge in [0.1, 0.15) is 0 Å². The Bertz CT molecular complexity index is 642. The maximum atomic E-state index is 12.6. The number of nitrogens with zero attached hydrogens (tertiary/aromatic N) is 2. The number of likely N-dealkylation sites (N-methyl/N-ethyl adjacent to an activating group) is 1. The van der Waals surface area contributed by atoms with Crippen molar-refractivity contribution >= 4 is 27.3 Å². The van der Waals surface area contributed by atoms with Gasteiger partial charge < -0.3 is 5.32 Å². The van der Waals surface area contributed by atoms with Crippen molar-refractivity contribution in [3.05, 3.63) is 22.4 Å². The summed E-state index contributed by atoms with van der Waals surface area (Å²) < 4.78 is 24.9. The lowest BCUT2D eigenvalue weighted by Crippen LogP contribution is -2.46. The van der Waals surface area contributed by atoms with E-state index in [1.165, 1.54) is 16.1 Å². The molecule has 142 valence electrons. The molecule has 0 unspecified atom stereocenters. The van der Waals surface area contributed by atoms with Crippen molar-refractivity contribution in [2.75, 3.05) is 39.0 Å². The molecule has 6 nitrogen and oxygen atoms in total. The summed E-state index contributed by atoms with van der Waals surface area (Å²) in [5.74, 6) is -0.302. The van der Waals surface area contributed by atoms with Crippen LogP contribution in [-0.2, 0) is 14.8 Å². The highest BCUT2D eigenvalue weighted by atomic mass is 32.2. The van der Waals surface area contributed by atoms with E-state index in [1.807, 2.05) is 0 Å². The number of thiophene rings is 1. The highest BCUT2D eigenvalue weighted by molar-refractivity contribution is 7.88. The molecule has 1 aromatic rings. The van der Waals surface area contributed by atoms with Gasteiger partial charge in [-0.1, -0.05) is 13.8 Å². The molecule has 1 aliphatic heterocycles. The Labute approximate surface area is 155 Å². The van der Waals surface area contributed by atoms with Gasteiger partial charge in [0.2, 0.25) is 15.9 Å². The summed E-state index contributed by atoms with van der Waals surface area (Å²) in [6, 6.07) is 2.26. The quantitative estimate of drug-likeness (QED) is 0.740. The molecule has 0 saturated carbocycles. The lowest BCUT2D eigenvalue weighted by molar-refractivity contribution is -0.126. The van der Waals surface area contributed by atoms with Gasteiger partial charge in [-0.2, -0.15) is 11.3 Å². The van der Waals surface area contributed by atoms with Crippen LogP contribution in [0.2, 0.25) is 0 Å². The zero-order valence-corrected chi connectivity index (χ0v) is 16.9. The van der Waals surface area contributed by atoms with Crippen LogP contribution in [0.5, 0.6) is 0 Å². The fourth-order valence-corrected chi connectivity index (χ4v) is 5.00. The molecule has 0 bridgehead atoms. The minimum absolute atomic E-state index is 0.0410. The Hall–Kier alpha value is -0.960. The summed E-state index contributed by atoms with van der Waals surface area (Å²) in [7, 11) is -3.23. The lowest BCUT2D eigenvalue weighted by atomic mass is 9.98. The number of carbonyl (C=O) groups excluding carboxylic acids is 1. The summed E-state index contributed by atoms with van der Waals surface area (Å²) in [6.45, 7) is 7.42. The second kappa shape index (κ2) is 9.12. The largest absolute Gasteiger partial charge is 0.354 e. The molecule has 0 spiro atoms. The molecule has 1 saturated heterocycles. The molecule has 2 rings (SSSR count). The Balaban J connectivity index is 1.99. The third-order valence-corrected chi connectivity index (χ3v) is 6.85. The Morgan fingerprint density at radius 3 is 2.72 bits per heavy atom. The molecular weight excluding hydrogens is 358 g/mol. The van der Waals surface area contributed by atoms with Gasteiger partial charge in [-0.15, -0.1) is 0 Å². The number of hydrogen-bond acceptors (Lipinski definition) is 5. The molecule has 0 aliphatic carbocycles. The number of amides is 1. The smallest absolute Gasteiger partial charge is 0.224 e. The average molecular weight is 388 g/mol. The van der Waals surface area contributed by atoms with E-state index in [0.29, 0.717) is 19.6 Å². The van der Waals surface area contributed by atoms with E-state index < -0.39 is 10.0 Å². The summed E-state index contributed by atoms with van der Waals surface area (Å²) >= 11 is 1.66. The maximum Gasteiger partial charge on any atom is 0.224 e. The van der Waals surface area contributed by atoms with Gasteiger partial charge in [0, 0.05) is 19.6 Å². The van der Waals surface area contributed by atoms with E-state index in [9.17, 15) is 13.2 Å². The van der Waals surface area contributed by atoms with Gasteiger partial charge in [0.15, 0.2) is 0 Å². The van der Waals surface area contributed by atoms with Crippen LogP contribution < -0.4 is 5.32 Å². The van der Waals surface area contributed by atoms with Crippen LogP contribution in [-0.4, -0.2) is 62.5 Å². The molecule has 0 aromatic carbocycles. The van der Waals surface area contributed by atoms with Crippen LogP contribution in [0.4, 0.5) is 0 Å². The van der Waals surface area contributed by atoms with Crippen LogP contribution in [0.15, 0.2) is 16.8 Å². The van der Waals surface area contributed by atoms with Crippen molar-refractivity contribution in [2.24, 2.45) is 5.92 Å². The highest BCUT2D eigenvalue weighted by Gasteiger charge is 2.30. The molecule has 1 aliphatic rings. The number of carbonyl (C=O) groups is 1. The normalized spacial score (nSPS) is 20.6. The van der Waals surface area contributed by atoms with E-state index in [0.717, 1.165) is 25.9 Å². The van der Waals surface area contributed by atoms with Gasteiger partial charge in [-0.3, -0.25) is 9.69 Å². The number of nitrogens with one attached hydrogen (secondary N) is 1. The zero-order valence-electron chi connectivity index (χ0n) is 15.3. The van der Waals surface area contributed by atoms with Crippen molar-refractivity contribution in [2.45, 2.75) is 32.7 Å². The van der Waals surface area contributed by atoms with E-state index in [1.54, 1.807) is 11.3 Å². The molecule has 1 amide bonds. The average Bonchev–Trinajstić information content (AvgIpc) is 3.12. The van der Waals surface area contributed by atoms with Crippen molar-refractivity contribution < 1.29 is 13.2 Å². The van der Waals surface area contributed by atoms with Gasteiger partial charge in [-0.25, -0.2) is 12.7 Å². The third kappa shape index (κ3) is 5.51. The molecule has 8 heteroatoms. The van der Waals surface area contributed by atoms with E-state index in [-0.39, 0.29) is 17.9 Å². The van der Waals surface area contributed by atoms with Gasteiger partial charge in [-0.05, 0) is 48.3 Å². The number of piperidine rings is 1. The molecular formula is C17H29N3O3S2. The molecule has 2 atom stereocenters. The first-order chi connectivity index (χ1) is 11.9. The van der Waals surface area contributed by atoms with Gasteiger partial charge >= 0.3 is 0 Å². The first kappa shape index (κ1) is 20.4. The predicted molar refractivity (Wildman–Crippen MR) is 102 cm³/mol. The first-order valence-electron chi connectivity index (χ1n) is 8.85. The molecule has 2 heterocycles. The SMILES string of the molecule is CCN(CC)[C@@H](CNC(=O)[C@H]1CCCN(S(C)(=O)=O)C1)c1ccsc1. The second-order valence-electron chi connectivity index (χ2n) is 6.50. The number of sulfonamides is 1. The van der Waals surface area contributed by atoms with E-state index in [2.05, 4.69) is 40.9 Å². The number of rotatable bonds is 8. The zero-order chi connectivity index (χ0) is 18.4. The van der Waals surface area contributed by atoms with Crippen molar-refractivity contribution in [3.8, 4) is 0 Å². The second-order valence-corrected chi connectivity index (χ2v) is 9.26. The topological polar surface area (TPSA) is 69.7 Å². The fourth-order valence-electron chi connectivity index (χ4n) is 3.39.